The summed E-state index contributed by atoms with van der Waals surface area (Å²) in [4.78, 5) is 25.9. The van der Waals surface area contributed by atoms with Crippen LogP contribution in [-0.4, -0.2) is 22.3 Å². The van der Waals surface area contributed by atoms with Gasteiger partial charge < -0.3 is 15.2 Å². The van der Waals surface area contributed by atoms with Gasteiger partial charge in [0.1, 0.15) is 0 Å². The maximum absolute atomic E-state index is 11.2. The van der Waals surface area contributed by atoms with Gasteiger partial charge in [-0.05, 0) is 24.6 Å². The summed E-state index contributed by atoms with van der Waals surface area (Å²) in [6.07, 6.45) is 0. The van der Waals surface area contributed by atoms with E-state index in [4.69, 9.17) is 0 Å². The molecule has 1 aliphatic rings. The van der Waals surface area contributed by atoms with E-state index in [9.17, 15) is 14.7 Å². The van der Waals surface area contributed by atoms with Gasteiger partial charge in [-0.3, -0.25) is 4.79 Å². The van der Waals surface area contributed by atoms with E-state index >= 15 is 0 Å². The third-order valence-electron chi connectivity index (χ3n) is 2.22. The topological polar surface area (TPSA) is 81.6 Å². The van der Waals surface area contributed by atoms with Gasteiger partial charge in [0.25, 0.3) is 0 Å². The van der Waals surface area contributed by atoms with Gasteiger partial charge in [-0.1, -0.05) is 23.9 Å². The number of carboxylic acids is 1. The zero-order valence-electron chi connectivity index (χ0n) is 8.97. The van der Waals surface area contributed by atoms with Crippen molar-refractivity contribution in [3.05, 3.63) is 29.8 Å². The minimum absolute atomic E-state index is 0.0693. The van der Waals surface area contributed by atoms with Gasteiger partial charge in [0, 0.05) is 0 Å². The SMILES string of the molecule is C[C@H]1SC(=Nc2ccc(C(=O)[O-])cc2)NC1=O. The number of carboxylic acid groups (broad SMARTS) is 1. The lowest BCUT2D eigenvalue weighted by molar-refractivity contribution is -0.255. The molecular weight excluding hydrogens is 240 g/mol. The molecule has 0 spiro atoms. The number of aliphatic imine (C=N–C) groups is 1. The smallest absolute Gasteiger partial charge is 0.239 e. The van der Waals surface area contributed by atoms with E-state index in [1.807, 2.05) is 0 Å². The number of aromatic carboxylic acids is 1. The van der Waals surface area contributed by atoms with E-state index in [-0.39, 0.29) is 16.7 Å². The molecule has 0 radical (unpaired) electrons. The lowest BCUT2D eigenvalue weighted by atomic mass is 10.2. The van der Waals surface area contributed by atoms with Crippen LogP contribution >= 0.6 is 11.8 Å². The lowest BCUT2D eigenvalue weighted by Gasteiger charge is -2.02. The van der Waals surface area contributed by atoms with Crippen molar-refractivity contribution in [2.75, 3.05) is 0 Å². The molecule has 1 saturated heterocycles. The van der Waals surface area contributed by atoms with E-state index in [1.165, 1.54) is 23.9 Å². The predicted octanol–water partition coefficient (Wildman–Crippen LogP) is 0.289. The first-order valence-electron chi connectivity index (χ1n) is 4.94. The van der Waals surface area contributed by atoms with Crippen LogP contribution in [0.2, 0.25) is 0 Å². The third-order valence-corrected chi connectivity index (χ3v) is 3.21. The van der Waals surface area contributed by atoms with Crippen molar-refractivity contribution in [3.8, 4) is 0 Å². The summed E-state index contributed by atoms with van der Waals surface area (Å²) < 4.78 is 0. The van der Waals surface area contributed by atoms with Crippen molar-refractivity contribution >= 4 is 34.5 Å². The van der Waals surface area contributed by atoms with Crippen molar-refractivity contribution in [2.45, 2.75) is 12.2 Å². The van der Waals surface area contributed by atoms with Crippen LogP contribution in [0.4, 0.5) is 5.69 Å². The molecule has 0 unspecified atom stereocenters. The zero-order chi connectivity index (χ0) is 12.4. The Morgan fingerprint density at radius 1 is 1.41 bits per heavy atom. The van der Waals surface area contributed by atoms with Crippen molar-refractivity contribution in [3.63, 3.8) is 0 Å². The van der Waals surface area contributed by atoms with Crippen molar-refractivity contribution < 1.29 is 14.7 Å². The molecule has 0 saturated carbocycles. The Hall–Kier alpha value is -1.82. The summed E-state index contributed by atoms with van der Waals surface area (Å²) in [5, 5.41) is 13.6. The number of nitrogens with zero attached hydrogens (tertiary/aromatic N) is 1. The Bertz CT molecular complexity index is 496. The summed E-state index contributed by atoms with van der Waals surface area (Å²) in [6.45, 7) is 1.79. The quantitative estimate of drug-likeness (QED) is 0.816. The number of amidine groups is 1. The molecular formula is C11H9N2O3S-. The summed E-state index contributed by atoms with van der Waals surface area (Å²) >= 11 is 1.34. The van der Waals surface area contributed by atoms with Crippen LogP contribution in [0.1, 0.15) is 17.3 Å². The monoisotopic (exact) mass is 249 g/mol. The average Bonchev–Trinajstić information content (AvgIpc) is 2.58. The van der Waals surface area contributed by atoms with Gasteiger partial charge in [0.15, 0.2) is 5.17 Å². The van der Waals surface area contributed by atoms with Gasteiger partial charge in [-0.2, -0.15) is 0 Å². The second-order valence-corrected chi connectivity index (χ2v) is 4.83. The molecule has 1 fully saturated rings. The Morgan fingerprint density at radius 3 is 2.53 bits per heavy atom. The second kappa shape index (κ2) is 4.58. The summed E-state index contributed by atoms with van der Waals surface area (Å²) in [6, 6.07) is 5.96. The maximum Gasteiger partial charge on any atom is 0.239 e. The minimum Gasteiger partial charge on any atom is -0.545 e. The summed E-state index contributed by atoms with van der Waals surface area (Å²) in [5.74, 6) is -1.29. The van der Waals surface area contributed by atoms with E-state index in [1.54, 1.807) is 19.1 Å². The molecule has 0 bridgehead atoms. The molecule has 2 rings (SSSR count). The van der Waals surface area contributed by atoms with Crippen LogP contribution in [0.15, 0.2) is 29.3 Å². The van der Waals surface area contributed by atoms with Gasteiger partial charge in [0.05, 0.1) is 16.9 Å². The van der Waals surface area contributed by atoms with E-state index in [0.717, 1.165) is 0 Å². The van der Waals surface area contributed by atoms with Crippen molar-refractivity contribution in [1.82, 2.24) is 5.32 Å². The van der Waals surface area contributed by atoms with Crippen LogP contribution < -0.4 is 10.4 Å². The van der Waals surface area contributed by atoms with Crippen LogP contribution in [0.25, 0.3) is 0 Å². The standard InChI is InChI=1S/C11H10N2O3S/c1-6-9(14)13-11(17-6)12-8-4-2-7(3-5-8)10(15)16/h2-6H,1H3,(H,15,16)(H,12,13,14)/p-1/t6-/m1/s1. The number of amides is 1. The normalized spacial score (nSPS) is 21.6. The fraction of sp³-hybridized carbons (Fsp3) is 0.182. The molecule has 1 aromatic rings. The predicted molar refractivity (Wildman–Crippen MR) is 63.1 cm³/mol. The van der Waals surface area contributed by atoms with E-state index < -0.39 is 5.97 Å². The molecule has 5 nitrogen and oxygen atoms in total. The highest BCUT2D eigenvalue weighted by Crippen LogP contribution is 2.22. The number of hydrogen-bond acceptors (Lipinski definition) is 5. The molecule has 1 heterocycles. The molecule has 1 atom stereocenters. The van der Waals surface area contributed by atoms with E-state index in [2.05, 4.69) is 10.3 Å². The number of benzene rings is 1. The highest BCUT2D eigenvalue weighted by Gasteiger charge is 2.25. The van der Waals surface area contributed by atoms with Crippen LogP contribution in [0.5, 0.6) is 0 Å². The summed E-state index contributed by atoms with van der Waals surface area (Å²) in [5.41, 5.74) is 0.692. The second-order valence-electron chi connectivity index (χ2n) is 3.50. The number of carbonyl (C=O) groups is 2. The van der Waals surface area contributed by atoms with Crippen LogP contribution in [0, 0.1) is 0 Å². The highest BCUT2D eigenvalue weighted by atomic mass is 32.2. The van der Waals surface area contributed by atoms with Crippen LogP contribution in [0.3, 0.4) is 0 Å². The zero-order valence-corrected chi connectivity index (χ0v) is 9.78. The van der Waals surface area contributed by atoms with Gasteiger partial charge in [-0.15, -0.1) is 0 Å². The maximum atomic E-state index is 11.2. The molecule has 1 aliphatic heterocycles. The molecule has 1 N–H and O–H groups in total. The Balaban J connectivity index is 2.17. The van der Waals surface area contributed by atoms with Gasteiger partial charge in [-0.25, -0.2) is 4.99 Å². The van der Waals surface area contributed by atoms with Crippen molar-refractivity contribution in [2.24, 2.45) is 4.99 Å². The Morgan fingerprint density at radius 2 is 2.06 bits per heavy atom. The number of hydrogen-bond donors (Lipinski definition) is 1. The third kappa shape index (κ3) is 2.65. The van der Waals surface area contributed by atoms with Gasteiger partial charge in [0.2, 0.25) is 5.91 Å². The Kier molecular flexibility index (Phi) is 3.14. The molecule has 1 aromatic carbocycles. The van der Waals surface area contributed by atoms with E-state index in [0.29, 0.717) is 10.9 Å². The number of carbonyl (C=O) groups excluding carboxylic acids is 2. The molecule has 6 heteroatoms. The van der Waals surface area contributed by atoms with Crippen molar-refractivity contribution in [1.29, 1.82) is 0 Å². The fourth-order valence-corrected chi connectivity index (χ4v) is 2.12. The Labute approximate surface area is 102 Å². The first-order valence-corrected chi connectivity index (χ1v) is 5.82. The first-order chi connectivity index (χ1) is 8.06. The number of nitrogens with one attached hydrogen (secondary N) is 1. The molecule has 17 heavy (non-hydrogen) atoms. The lowest BCUT2D eigenvalue weighted by Crippen LogP contribution is -2.23. The fourth-order valence-electron chi connectivity index (χ4n) is 1.30. The molecule has 0 aromatic heterocycles. The number of thioether (sulfide) groups is 1. The average molecular weight is 249 g/mol. The van der Waals surface area contributed by atoms with Gasteiger partial charge >= 0.3 is 0 Å². The number of rotatable bonds is 2. The molecule has 88 valence electrons. The highest BCUT2D eigenvalue weighted by molar-refractivity contribution is 8.15. The largest absolute Gasteiger partial charge is 0.545 e. The molecule has 0 aliphatic carbocycles. The summed E-state index contributed by atoms with van der Waals surface area (Å²) in [7, 11) is 0. The molecule has 1 amide bonds. The first kappa shape index (κ1) is 11.7. The minimum atomic E-state index is -1.22. The van der Waals surface area contributed by atoms with Crippen LogP contribution in [-0.2, 0) is 4.79 Å².